The van der Waals surface area contributed by atoms with Crippen LogP contribution in [0.5, 0.6) is 5.75 Å². The van der Waals surface area contributed by atoms with Crippen molar-refractivity contribution in [1.82, 2.24) is 28.8 Å². The van der Waals surface area contributed by atoms with E-state index in [1.54, 1.807) is 24.8 Å². The second-order valence-electron chi connectivity index (χ2n) is 5.96. The van der Waals surface area contributed by atoms with Gasteiger partial charge in [-0.2, -0.15) is 4.98 Å². The summed E-state index contributed by atoms with van der Waals surface area (Å²) in [7, 11) is 4.55. The first kappa shape index (κ1) is 16.8. The van der Waals surface area contributed by atoms with Crippen molar-refractivity contribution in [3.05, 3.63) is 57.3 Å². The number of nitrogens with zero attached hydrogens (tertiary/aromatic N) is 6. The third-order valence-corrected chi connectivity index (χ3v) is 4.34. The molecule has 0 N–H and O–H groups in total. The molecule has 0 spiro atoms. The van der Waals surface area contributed by atoms with E-state index < -0.39 is 11.2 Å². The van der Waals surface area contributed by atoms with Crippen molar-refractivity contribution in [1.29, 1.82) is 0 Å². The maximum atomic E-state index is 12.5. The number of methoxy groups -OCH3 is 1. The lowest BCUT2D eigenvalue weighted by molar-refractivity contribution is 0.372. The molecule has 0 unspecified atom stereocenters. The molecule has 3 aromatic heterocycles. The number of fused-ring (bicyclic) bond motifs is 1. The van der Waals surface area contributed by atoms with Gasteiger partial charge in [-0.1, -0.05) is 17.3 Å². The van der Waals surface area contributed by atoms with Gasteiger partial charge in [-0.15, -0.1) is 0 Å². The van der Waals surface area contributed by atoms with Crippen molar-refractivity contribution in [3.8, 4) is 17.1 Å². The van der Waals surface area contributed by atoms with Crippen molar-refractivity contribution in [3.63, 3.8) is 0 Å². The van der Waals surface area contributed by atoms with E-state index in [0.717, 1.165) is 4.57 Å². The molecule has 0 bridgehead atoms. The van der Waals surface area contributed by atoms with Gasteiger partial charge in [0.1, 0.15) is 12.3 Å². The fraction of sp³-hybridized carbons (Fsp3) is 0.235. The molecule has 138 valence electrons. The lowest BCUT2D eigenvalue weighted by atomic mass is 10.2. The number of imidazole rings is 1. The van der Waals surface area contributed by atoms with Crippen LogP contribution in [0.25, 0.3) is 22.6 Å². The van der Waals surface area contributed by atoms with Crippen molar-refractivity contribution < 1.29 is 9.26 Å². The summed E-state index contributed by atoms with van der Waals surface area (Å²) in [6.45, 7) is 0.145. The van der Waals surface area contributed by atoms with Crippen LogP contribution < -0.4 is 16.0 Å². The lowest BCUT2D eigenvalue weighted by Gasteiger charge is -2.04. The molecule has 4 aromatic rings. The van der Waals surface area contributed by atoms with E-state index >= 15 is 0 Å². The van der Waals surface area contributed by atoms with Gasteiger partial charge in [-0.05, 0) is 12.1 Å². The van der Waals surface area contributed by atoms with Gasteiger partial charge >= 0.3 is 5.69 Å². The van der Waals surface area contributed by atoms with E-state index in [-0.39, 0.29) is 12.1 Å². The zero-order chi connectivity index (χ0) is 19.1. The Morgan fingerprint density at radius 2 is 1.93 bits per heavy atom. The summed E-state index contributed by atoms with van der Waals surface area (Å²) in [5.41, 5.74) is 0.414. The highest BCUT2D eigenvalue weighted by Crippen LogP contribution is 2.27. The molecule has 4 rings (SSSR count). The standard InChI is InChI=1S/C17H16N6O4/c1-21-15-13(16(24)22(2)17(21)25)23(9-18-15)8-12-19-14(20-27-12)10-6-4-5-7-11(10)26-3/h4-7,9H,8H2,1-3H3. The van der Waals surface area contributed by atoms with E-state index in [1.165, 1.54) is 17.9 Å². The first-order chi connectivity index (χ1) is 13.0. The molecule has 27 heavy (non-hydrogen) atoms. The minimum atomic E-state index is -0.436. The Morgan fingerprint density at radius 3 is 2.70 bits per heavy atom. The smallest absolute Gasteiger partial charge is 0.332 e. The van der Waals surface area contributed by atoms with Crippen LogP contribution >= 0.6 is 0 Å². The van der Waals surface area contributed by atoms with Crippen LogP contribution in [0.2, 0.25) is 0 Å². The molecule has 0 fully saturated rings. The summed E-state index contributed by atoms with van der Waals surface area (Å²) in [4.78, 5) is 33.1. The zero-order valence-corrected chi connectivity index (χ0v) is 14.9. The summed E-state index contributed by atoms with van der Waals surface area (Å²) in [5.74, 6) is 1.31. The third kappa shape index (κ3) is 2.62. The largest absolute Gasteiger partial charge is 0.496 e. The molecule has 0 aliphatic carbocycles. The van der Waals surface area contributed by atoms with Gasteiger partial charge in [0.15, 0.2) is 11.2 Å². The highest BCUT2D eigenvalue weighted by Gasteiger charge is 2.17. The Balaban J connectivity index is 1.75. The van der Waals surface area contributed by atoms with Crippen LogP contribution in [0.1, 0.15) is 5.89 Å². The number of hydrogen-bond donors (Lipinski definition) is 0. The average molecular weight is 368 g/mol. The Labute approximate surface area is 152 Å². The van der Waals surface area contributed by atoms with Gasteiger partial charge in [0.25, 0.3) is 5.56 Å². The first-order valence-electron chi connectivity index (χ1n) is 8.08. The van der Waals surface area contributed by atoms with Crippen LogP contribution in [0.4, 0.5) is 0 Å². The van der Waals surface area contributed by atoms with Gasteiger partial charge in [-0.3, -0.25) is 13.9 Å². The topological polar surface area (TPSA) is 110 Å². The number of aromatic nitrogens is 6. The fourth-order valence-corrected chi connectivity index (χ4v) is 2.92. The molecular weight excluding hydrogens is 352 g/mol. The van der Waals surface area contributed by atoms with Crippen LogP contribution in [-0.2, 0) is 20.6 Å². The Kier molecular flexibility index (Phi) is 3.87. The SMILES string of the molecule is COc1ccccc1-c1noc(Cn2cnc3c2c(=O)n(C)c(=O)n3C)n1. The summed E-state index contributed by atoms with van der Waals surface area (Å²) < 4.78 is 14.6. The number of ether oxygens (including phenoxy) is 1. The van der Waals surface area contributed by atoms with Gasteiger partial charge in [0.2, 0.25) is 11.7 Å². The molecule has 10 nitrogen and oxygen atoms in total. The molecule has 0 aliphatic rings. The van der Waals surface area contributed by atoms with Crippen molar-refractivity contribution in [2.24, 2.45) is 14.1 Å². The number of para-hydroxylation sites is 1. The molecule has 0 atom stereocenters. The Hall–Kier alpha value is -3.69. The van der Waals surface area contributed by atoms with Crippen molar-refractivity contribution in [2.75, 3.05) is 7.11 Å². The number of benzene rings is 1. The van der Waals surface area contributed by atoms with E-state index in [0.29, 0.717) is 28.7 Å². The maximum absolute atomic E-state index is 12.5. The molecule has 0 saturated carbocycles. The molecule has 3 heterocycles. The van der Waals surface area contributed by atoms with E-state index in [9.17, 15) is 9.59 Å². The minimum absolute atomic E-state index is 0.145. The number of rotatable bonds is 4. The highest BCUT2D eigenvalue weighted by atomic mass is 16.5. The fourth-order valence-electron chi connectivity index (χ4n) is 2.92. The molecular formula is C17H16N6O4. The predicted molar refractivity (Wildman–Crippen MR) is 95.6 cm³/mol. The lowest BCUT2D eigenvalue weighted by Crippen LogP contribution is -2.37. The number of aryl methyl sites for hydroxylation is 1. The Bertz CT molecular complexity index is 1260. The quantitative estimate of drug-likeness (QED) is 0.517. The van der Waals surface area contributed by atoms with Crippen LogP contribution in [0.3, 0.4) is 0 Å². The van der Waals surface area contributed by atoms with E-state index in [2.05, 4.69) is 15.1 Å². The third-order valence-electron chi connectivity index (χ3n) is 4.34. The monoisotopic (exact) mass is 368 g/mol. The second-order valence-corrected chi connectivity index (χ2v) is 5.96. The molecule has 0 aliphatic heterocycles. The summed E-state index contributed by atoms with van der Waals surface area (Å²) in [6.07, 6.45) is 1.47. The van der Waals surface area contributed by atoms with Gasteiger partial charge in [0.05, 0.1) is 19.0 Å². The van der Waals surface area contributed by atoms with Crippen molar-refractivity contribution >= 4 is 11.2 Å². The molecule has 1 aromatic carbocycles. The van der Waals surface area contributed by atoms with Gasteiger partial charge in [-0.25, -0.2) is 9.78 Å². The minimum Gasteiger partial charge on any atom is -0.496 e. The van der Waals surface area contributed by atoms with Crippen molar-refractivity contribution in [2.45, 2.75) is 6.54 Å². The first-order valence-corrected chi connectivity index (χ1v) is 8.08. The summed E-state index contributed by atoms with van der Waals surface area (Å²) in [6, 6.07) is 7.33. The van der Waals surface area contributed by atoms with E-state index in [1.807, 2.05) is 18.2 Å². The Morgan fingerprint density at radius 1 is 1.15 bits per heavy atom. The summed E-state index contributed by atoms with van der Waals surface area (Å²) >= 11 is 0. The molecule has 0 amide bonds. The van der Waals surface area contributed by atoms with Crippen LogP contribution in [0, 0.1) is 0 Å². The molecule has 0 saturated heterocycles. The predicted octanol–water partition coefficient (Wildman–Crippen LogP) is 0.541. The van der Waals surface area contributed by atoms with Gasteiger partial charge in [0, 0.05) is 14.1 Å². The maximum Gasteiger partial charge on any atom is 0.332 e. The molecule has 10 heteroatoms. The highest BCUT2D eigenvalue weighted by molar-refractivity contribution is 5.70. The number of hydrogen-bond acceptors (Lipinski definition) is 7. The van der Waals surface area contributed by atoms with Crippen LogP contribution in [-0.4, -0.2) is 35.9 Å². The molecule has 0 radical (unpaired) electrons. The summed E-state index contributed by atoms with van der Waals surface area (Å²) in [5, 5.41) is 3.99. The normalized spacial score (nSPS) is 11.2. The van der Waals surface area contributed by atoms with E-state index in [4.69, 9.17) is 9.26 Å². The van der Waals surface area contributed by atoms with Crippen LogP contribution in [0.15, 0.2) is 44.7 Å². The zero-order valence-electron chi connectivity index (χ0n) is 14.9. The second kappa shape index (κ2) is 6.24. The average Bonchev–Trinajstić information content (AvgIpc) is 3.32. The van der Waals surface area contributed by atoms with Gasteiger partial charge < -0.3 is 13.8 Å².